The first kappa shape index (κ1) is 6.02. The quantitative estimate of drug-likeness (QED) is 0.471. The van der Waals surface area contributed by atoms with Gasteiger partial charge in [-0.3, -0.25) is 0 Å². The lowest BCUT2D eigenvalue weighted by Crippen LogP contribution is -1.62. The second kappa shape index (κ2) is 5.02. The Morgan fingerprint density at radius 3 is 2.50 bits per heavy atom. The first-order chi connectivity index (χ1) is 2.91. The Kier molecular flexibility index (Phi) is 5.04. The van der Waals surface area contributed by atoms with E-state index in [2.05, 4.69) is 15.9 Å². The number of rotatable bonds is 2. The Hall–Kier alpha value is 0.0200. The van der Waals surface area contributed by atoms with Gasteiger partial charge in [-0.05, 0) is 12.5 Å². The topological polar surface area (TPSA) is 20.2 Å². The fraction of sp³-hybridized carbons (Fsp3) is 0.500. The van der Waals surface area contributed by atoms with Crippen molar-refractivity contribution in [2.24, 2.45) is 0 Å². The monoisotopic (exact) mass is 150 g/mol. The molecule has 36 valence electrons. The minimum atomic E-state index is 0.899. The highest BCUT2D eigenvalue weighted by molar-refractivity contribution is 9.09. The van der Waals surface area contributed by atoms with Crippen molar-refractivity contribution < 1.29 is 5.11 Å². The summed E-state index contributed by atoms with van der Waals surface area (Å²) in [4.78, 5) is 0. The van der Waals surface area contributed by atoms with E-state index in [1.165, 1.54) is 0 Å². The molecule has 0 bridgehead atoms. The van der Waals surface area contributed by atoms with Crippen LogP contribution in [0.4, 0.5) is 0 Å². The second-order valence-electron chi connectivity index (χ2n) is 0.862. The summed E-state index contributed by atoms with van der Waals surface area (Å²) in [7, 11) is 0. The Morgan fingerprint density at radius 1 is 1.67 bits per heavy atom. The van der Waals surface area contributed by atoms with Crippen molar-refractivity contribution in [3.05, 3.63) is 12.3 Å². The van der Waals surface area contributed by atoms with Crippen LogP contribution in [0.3, 0.4) is 0 Å². The maximum atomic E-state index is 8.00. The molecule has 0 aliphatic carbocycles. The smallest absolute Gasteiger partial charge is 0.0752 e. The molecule has 2 heteroatoms. The number of halogens is 1. The summed E-state index contributed by atoms with van der Waals surface area (Å²) < 4.78 is 0. The van der Waals surface area contributed by atoms with Crippen molar-refractivity contribution in [1.82, 2.24) is 0 Å². The number of aliphatic hydroxyl groups excluding tert-OH is 1. The van der Waals surface area contributed by atoms with E-state index in [-0.39, 0.29) is 0 Å². The van der Waals surface area contributed by atoms with E-state index in [4.69, 9.17) is 5.11 Å². The minimum Gasteiger partial charge on any atom is -0.516 e. The second-order valence-corrected chi connectivity index (χ2v) is 1.66. The van der Waals surface area contributed by atoms with Gasteiger partial charge in [0.05, 0.1) is 6.26 Å². The number of alkyl halides is 1. The zero-order chi connectivity index (χ0) is 4.83. The summed E-state index contributed by atoms with van der Waals surface area (Å²) in [6, 6.07) is 0. The lowest BCUT2D eigenvalue weighted by molar-refractivity contribution is 0.471. The van der Waals surface area contributed by atoms with E-state index in [1.54, 1.807) is 6.08 Å². The Balaban J connectivity index is 2.66. The van der Waals surface area contributed by atoms with Crippen LogP contribution in [0.2, 0.25) is 0 Å². The van der Waals surface area contributed by atoms with Crippen LogP contribution in [-0.2, 0) is 0 Å². The zero-order valence-corrected chi connectivity index (χ0v) is 4.98. The standard InChI is InChI=1S/C4H7BrO/c5-3-1-2-4-6/h2,4,6H,1,3H2. The highest BCUT2D eigenvalue weighted by Crippen LogP contribution is 1.86. The van der Waals surface area contributed by atoms with Crippen LogP contribution in [0, 0.1) is 0 Å². The first-order valence-electron chi connectivity index (χ1n) is 1.77. The van der Waals surface area contributed by atoms with Gasteiger partial charge in [0.1, 0.15) is 0 Å². The third kappa shape index (κ3) is 4.02. The number of hydrogen-bond acceptors (Lipinski definition) is 1. The summed E-state index contributed by atoms with van der Waals surface area (Å²) in [5, 5.41) is 8.92. The molecule has 0 aromatic heterocycles. The predicted molar refractivity (Wildman–Crippen MR) is 30.2 cm³/mol. The van der Waals surface area contributed by atoms with Gasteiger partial charge in [-0.15, -0.1) is 0 Å². The molecule has 0 aliphatic heterocycles. The molecule has 0 amide bonds. The van der Waals surface area contributed by atoms with Crippen LogP contribution in [-0.4, -0.2) is 10.4 Å². The van der Waals surface area contributed by atoms with Gasteiger partial charge in [0, 0.05) is 5.33 Å². The Labute approximate surface area is 45.8 Å². The zero-order valence-electron chi connectivity index (χ0n) is 3.39. The van der Waals surface area contributed by atoms with Gasteiger partial charge in [-0.1, -0.05) is 15.9 Å². The maximum Gasteiger partial charge on any atom is 0.0752 e. The molecular formula is C4H7BrO. The molecule has 6 heavy (non-hydrogen) atoms. The van der Waals surface area contributed by atoms with Gasteiger partial charge in [-0.25, -0.2) is 0 Å². The van der Waals surface area contributed by atoms with Crippen molar-refractivity contribution in [3.63, 3.8) is 0 Å². The SMILES string of the molecule is OC=CCCBr. The molecule has 0 fully saturated rings. The summed E-state index contributed by atoms with van der Waals surface area (Å²) in [5.74, 6) is 0. The van der Waals surface area contributed by atoms with Crippen molar-refractivity contribution in [2.75, 3.05) is 5.33 Å². The van der Waals surface area contributed by atoms with Gasteiger partial charge in [0.2, 0.25) is 0 Å². The summed E-state index contributed by atoms with van der Waals surface area (Å²) in [5.41, 5.74) is 0. The van der Waals surface area contributed by atoms with Crippen LogP contribution < -0.4 is 0 Å². The van der Waals surface area contributed by atoms with Gasteiger partial charge in [0.25, 0.3) is 0 Å². The Morgan fingerprint density at radius 2 is 2.33 bits per heavy atom. The van der Waals surface area contributed by atoms with Crippen LogP contribution in [0.15, 0.2) is 12.3 Å². The van der Waals surface area contributed by atoms with E-state index < -0.39 is 0 Å². The van der Waals surface area contributed by atoms with Crippen molar-refractivity contribution in [3.8, 4) is 0 Å². The van der Waals surface area contributed by atoms with Crippen molar-refractivity contribution >= 4 is 15.9 Å². The number of aliphatic hydroxyl groups is 1. The van der Waals surface area contributed by atoms with E-state index in [9.17, 15) is 0 Å². The first-order valence-corrected chi connectivity index (χ1v) is 2.89. The average Bonchev–Trinajstić information content (AvgIpc) is 1.61. The van der Waals surface area contributed by atoms with Crippen LogP contribution in [0.1, 0.15) is 6.42 Å². The molecule has 0 rings (SSSR count). The molecule has 0 radical (unpaired) electrons. The molecule has 1 nitrogen and oxygen atoms in total. The molecular weight excluding hydrogens is 144 g/mol. The molecule has 1 N–H and O–H groups in total. The molecule has 0 aliphatic rings. The molecule has 0 aromatic carbocycles. The fourth-order valence-corrected chi connectivity index (χ4v) is 0.402. The van der Waals surface area contributed by atoms with Crippen LogP contribution >= 0.6 is 15.9 Å². The third-order valence-electron chi connectivity index (χ3n) is 0.381. The van der Waals surface area contributed by atoms with E-state index in [0.717, 1.165) is 18.0 Å². The van der Waals surface area contributed by atoms with Crippen molar-refractivity contribution in [2.45, 2.75) is 6.42 Å². The van der Waals surface area contributed by atoms with Gasteiger partial charge >= 0.3 is 0 Å². The summed E-state index contributed by atoms with van der Waals surface area (Å²) in [6.07, 6.45) is 3.65. The highest BCUT2D eigenvalue weighted by atomic mass is 79.9. The molecule has 0 spiro atoms. The molecule has 0 heterocycles. The van der Waals surface area contributed by atoms with Gasteiger partial charge in [0.15, 0.2) is 0 Å². The van der Waals surface area contributed by atoms with Crippen LogP contribution in [0.5, 0.6) is 0 Å². The summed E-state index contributed by atoms with van der Waals surface area (Å²) >= 11 is 3.19. The van der Waals surface area contributed by atoms with Gasteiger partial charge < -0.3 is 5.11 Å². The molecule has 0 saturated carbocycles. The van der Waals surface area contributed by atoms with Crippen molar-refractivity contribution in [1.29, 1.82) is 0 Å². The number of hydrogen-bond donors (Lipinski definition) is 1. The Bertz CT molecular complexity index is 42.8. The highest BCUT2D eigenvalue weighted by Gasteiger charge is 1.67. The molecule has 0 saturated heterocycles. The maximum absolute atomic E-state index is 8.00. The molecule has 0 aromatic rings. The largest absolute Gasteiger partial charge is 0.516 e. The molecule has 0 atom stereocenters. The molecule has 0 unspecified atom stereocenters. The average molecular weight is 151 g/mol. The third-order valence-corrected chi connectivity index (χ3v) is 0.839. The predicted octanol–water partition coefficient (Wildman–Crippen LogP) is 1.84. The number of allylic oxidation sites excluding steroid dienone is 1. The van der Waals surface area contributed by atoms with E-state index >= 15 is 0 Å². The van der Waals surface area contributed by atoms with E-state index in [0.29, 0.717) is 0 Å². The van der Waals surface area contributed by atoms with Gasteiger partial charge in [-0.2, -0.15) is 0 Å². The lowest BCUT2D eigenvalue weighted by Gasteiger charge is -1.74. The fourth-order valence-electron chi connectivity index (χ4n) is 0.138. The normalized spacial score (nSPS) is 10.2. The minimum absolute atomic E-state index is 0.899. The lowest BCUT2D eigenvalue weighted by atomic mass is 10.5. The van der Waals surface area contributed by atoms with E-state index in [1.807, 2.05) is 0 Å². The van der Waals surface area contributed by atoms with Crippen LogP contribution in [0.25, 0.3) is 0 Å². The summed E-state index contributed by atoms with van der Waals surface area (Å²) in [6.45, 7) is 0.